The van der Waals surface area contributed by atoms with E-state index >= 15 is 0 Å². The number of ether oxygens (including phenoxy) is 1. The number of carbonyl (C=O) groups excluding carboxylic acids is 1. The molecule has 0 aromatic carbocycles. The van der Waals surface area contributed by atoms with E-state index in [0.717, 1.165) is 17.8 Å². The molecule has 0 radical (unpaired) electrons. The van der Waals surface area contributed by atoms with Crippen molar-refractivity contribution in [2.24, 2.45) is 0 Å². The van der Waals surface area contributed by atoms with Crippen LogP contribution < -0.4 is 5.32 Å². The van der Waals surface area contributed by atoms with Crippen LogP contribution in [-0.2, 0) is 4.74 Å². The number of hydrogen-bond donors (Lipinski definition) is 2. The Labute approximate surface area is 103 Å². The van der Waals surface area contributed by atoms with E-state index in [1.54, 1.807) is 7.11 Å². The van der Waals surface area contributed by atoms with Crippen molar-refractivity contribution >= 4 is 23.2 Å². The van der Waals surface area contributed by atoms with Gasteiger partial charge in [-0.1, -0.05) is 6.92 Å². The standard InChI is InChI=1S/C10H14N2O4S/c1-3-6(4-16-2)11-8(13)9-12-7(5-17-9)10(14)15/h5-6H,3-4H2,1-2H3,(H,11,13)(H,14,15). The first-order chi connectivity index (χ1) is 8.08. The molecule has 0 fully saturated rings. The second-order valence-corrected chi connectivity index (χ2v) is 4.24. The topological polar surface area (TPSA) is 88.5 Å². The van der Waals surface area contributed by atoms with Gasteiger partial charge in [-0.2, -0.15) is 0 Å². The molecule has 1 unspecified atom stereocenters. The van der Waals surface area contributed by atoms with Gasteiger partial charge in [0.2, 0.25) is 0 Å². The van der Waals surface area contributed by atoms with Crippen molar-refractivity contribution in [3.05, 3.63) is 16.1 Å². The van der Waals surface area contributed by atoms with Crippen LogP contribution in [0.2, 0.25) is 0 Å². The summed E-state index contributed by atoms with van der Waals surface area (Å²) in [5, 5.41) is 12.9. The Morgan fingerprint density at radius 2 is 2.35 bits per heavy atom. The number of thiazole rings is 1. The molecular weight excluding hydrogens is 244 g/mol. The van der Waals surface area contributed by atoms with Gasteiger partial charge in [0.25, 0.3) is 5.91 Å². The maximum absolute atomic E-state index is 11.7. The SMILES string of the molecule is CCC(COC)NC(=O)c1nc(C(=O)O)cs1. The van der Waals surface area contributed by atoms with Gasteiger partial charge in [-0.15, -0.1) is 11.3 Å². The molecule has 1 heterocycles. The minimum Gasteiger partial charge on any atom is -0.476 e. The van der Waals surface area contributed by atoms with Crippen LogP contribution in [0.15, 0.2) is 5.38 Å². The van der Waals surface area contributed by atoms with Crippen LogP contribution in [0.1, 0.15) is 33.6 Å². The zero-order valence-corrected chi connectivity index (χ0v) is 10.4. The van der Waals surface area contributed by atoms with Crippen LogP contribution in [0.5, 0.6) is 0 Å². The number of nitrogens with zero attached hydrogens (tertiary/aromatic N) is 1. The van der Waals surface area contributed by atoms with E-state index in [-0.39, 0.29) is 22.7 Å². The largest absolute Gasteiger partial charge is 0.476 e. The molecule has 2 N–H and O–H groups in total. The molecule has 0 saturated heterocycles. The lowest BCUT2D eigenvalue weighted by atomic mass is 10.2. The van der Waals surface area contributed by atoms with E-state index in [4.69, 9.17) is 9.84 Å². The minimum atomic E-state index is -1.13. The third-order valence-electron chi connectivity index (χ3n) is 2.11. The molecule has 1 aromatic rings. The highest BCUT2D eigenvalue weighted by atomic mass is 32.1. The van der Waals surface area contributed by atoms with Gasteiger partial charge < -0.3 is 15.2 Å². The highest BCUT2D eigenvalue weighted by Crippen LogP contribution is 2.10. The van der Waals surface area contributed by atoms with Gasteiger partial charge in [0.15, 0.2) is 10.7 Å². The molecule has 1 rings (SSSR count). The van der Waals surface area contributed by atoms with Gasteiger partial charge in [-0.05, 0) is 6.42 Å². The number of nitrogens with one attached hydrogen (secondary N) is 1. The van der Waals surface area contributed by atoms with Gasteiger partial charge in [0.1, 0.15) is 0 Å². The van der Waals surface area contributed by atoms with Crippen molar-refractivity contribution in [3.63, 3.8) is 0 Å². The fourth-order valence-corrected chi connectivity index (χ4v) is 1.88. The lowest BCUT2D eigenvalue weighted by Crippen LogP contribution is -2.37. The molecule has 1 amide bonds. The summed E-state index contributed by atoms with van der Waals surface area (Å²) >= 11 is 1.01. The molecule has 17 heavy (non-hydrogen) atoms. The van der Waals surface area contributed by atoms with Crippen molar-refractivity contribution in [1.82, 2.24) is 10.3 Å². The summed E-state index contributed by atoms with van der Waals surface area (Å²) < 4.78 is 4.95. The molecule has 94 valence electrons. The van der Waals surface area contributed by atoms with Gasteiger partial charge in [0.05, 0.1) is 12.6 Å². The van der Waals surface area contributed by atoms with Crippen LogP contribution in [0.25, 0.3) is 0 Å². The van der Waals surface area contributed by atoms with Gasteiger partial charge in [0, 0.05) is 12.5 Å². The van der Waals surface area contributed by atoms with Crippen LogP contribution in [0.3, 0.4) is 0 Å². The molecular formula is C10H14N2O4S. The zero-order valence-electron chi connectivity index (χ0n) is 9.60. The minimum absolute atomic E-state index is 0.0929. The van der Waals surface area contributed by atoms with Crippen LogP contribution in [0.4, 0.5) is 0 Å². The molecule has 1 atom stereocenters. The van der Waals surface area contributed by atoms with Gasteiger partial charge in [-0.3, -0.25) is 4.79 Å². The quantitative estimate of drug-likeness (QED) is 0.794. The normalized spacial score (nSPS) is 12.1. The first-order valence-electron chi connectivity index (χ1n) is 5.07. The summed E-state index contributed by atoms with van der Waals surface area (Å²) in [5.74, 6) is -1.50. The summed E-state index contributed by atoms with van der Waals surface area (Å²) in [4.78, 5) is 26.0. The number of hydrogen-bond acceptors (Lipinski definition) is 5. The number of methoxy groups -OCH3 is 1. The fraction of sp³-hybridized carbons (Fsp3) is 0.500. The van der Waals surface area contributed by atoms with E-state index in [1.807, 2.05) is 6.92 Å². The van der Waals surface area contributed by atoms with E-state index in [2.05, 4.69) is 10.3 Å². The highest BCUT2D eigenvalue weighted by molar-refractivity contribution is 7.11. The Kier molecular flexibility index (Phi) is 5.05. The van der Waals surface area contributed by atoms with Crippen LogP contribution in [0, 0.1) is 0 Å². The number of carboxylic acid groups (broad SMARTS) is 1. The Balaban J connectivity index is 2.65. The Morgan fingerprint density at radius 3 is 2.82 bits per heavy atom. The summed E-state index contributed by atoms with van der Waals surface area (Å²) in [6, 6.07) is -0.0929. The number of aromatic nitrogens is 1. The predicted molar refractivity (Wildman–Crippen MR) is 62.5 cm³/mol. The van der Waals surface area contributed by atoms with E-state index < -0.39 is 5.97 Å². The molecule has 0 bridgehead atoms. The summed E-state index contributed by atoms with van der Waals surface area (Å²) in [7, 11) is 1.56. The number of amides is 1. The van der Waals surface area contributed by atoms with Crippen molar-refractivity contribution in [3.8, 4) is 0 Å². The number of rotatable bonds is 6. The lowest BCUT2D eigenvalue weighted by molar-refractivity contribution is 0.0691. The third kappa shape index (κ3) is 3.79. The van der Waals surface area contributed by atoms with Gasteiger partial charge in [-0.25, -0.2) is 9.78 Å². The average Bonchev–Trinajstić information content (AvgIpc) is 2.77. The second kappa shape index (κ2) is 6.31. The zero-order chi connectivity index (χ0) is 12.8. The van der Waals surface area contributed by atoms with Crippen molar-refractivity contribution < 1.29 is 19.4 Å². The summed E-state index contributed by atoms with van der Waals surface area (Å²) in [5.41, 5.74) is -0.111. The molecule has 0 aliphatic heterocycles. The Bertz CT molecular complexity index is 405. The van der Waals surface area contributed by atoms with Crippen LogP contribution in [-0.4, -0.2) is 41.7 Å². The molecule has 0 aliphatic rings. The average molecular weight is 258 g/mol. The maximum Gasteiger partial charge on any atom is 0.355 e. The highest BCUT2D eigenvalue weighted by Gasteiger charge is 2.17. The van der Waals surface area contributed by atoms with Crippen LogP contribution >= 0.6 is 11.3 Å². The molecule has 6 nitrogen and oxygen atoms in total. The molecule has 1 aromatic heterocycles. The van der Waals surface area contributed by atoms with Crippen molar-refractivity contribution in [2.75, 3.05) is 13.7 Å². The second-order valence-electron chi connectivity index (χ2n) is 3.38. The fourth-order valence-electron chi connectivity index (χ4n) is 1.19. The lowest BCUT2D eigenvalue weighted by Gasteiger charge is -2.14. The first kappa shape index (κ1) is 13.6. The van der Waals surface area contributed by atoms with E-state index in [9.17, 15) is 9.59 Å². The number of aromatic carboxylic acids is 1. The molecule has 0 aliphatic carbocycles. The molecule has 7 heteroatoms. The monoisotopic (exact) mass is 258 g/mol. The summed E-state index contributed by atoms with van der Waals surface area (Å²) in [6.07, 6.45) is 0.733. The molecule has 0 saturated carbocycles. The Morgan fingerprint density at radius 1 is 1.65 bits per heavy atom. The molecule has 0 spiro atoms. The number of carboxylic acids is 1. The summed E-state index contributed by atoms with van der Waals surface area (Å²) in [6.45, 7) is 2.34. The first-order valence-corrected chi connectivity index (χ1v) is 5.95. The number of carbonyl (C=O) groups is 2. The van der Waals surface area contributed by atoms with Gasteiger partial charge >= 0.3 is 5.97 Å². The van der Waals surface area contributed by atoms with E-state index in [0.29, 0.717) is 6.61 Å². The smallest absolute Gasteiger partial charge is 0.355 e. The maximum atomic E-state index is 11.7. The Hall–Kier alpha value is -1.47. The predicted octanol–water partition coefficient (Wildman–Crippen LogP) is 0.996. The van der Waals surface area contributed by atoms with E-state index in [1.165, 1.54) is 5.38 Å². The third-order valence-corrected chi connectivity index (χ3v) is 2.95. The van der Waals surface area contributed by atoms with Crippen molar-refractivity contribution in [1.29, 1.82) is 0 Å². The van der Waals surface area contributed by atoms with Crippen molar-refractivity contribution in [2.45, 2.75) is 19.4 Å².